The highest BCUT2D eigenvalue weighted by atomic mass is 16.5. The van der Waals surface area contributed by atoms with Crippen molar-refractivity contribution in [1.82, 2.24) is 9.88 Å². The molecule has 136 valence electrons. The molecule has 2 aromatic rings. The average Bonchev–Trinajstić information content (AvgIpc) is 2.85. The molecule has 1 aromatic heterocycles. The van der Waals surface area contributed by atoms with Crippen LogP contribution in [-0.4, -0.2) is 41.4 Å². The van der Waals surface area contributed by atoms with Gasteiger partial charge >= 0.3 is 0 Å². The zero-order valence-corrected chi connectivity index (χ0v) is 15.3. The number of rotatable bonds is 5. The molecule has 0 bridgehead atoms. The fourth-order valence-electron chi connectivity index (χ4n) is 3.75. The van der Waals surface area contributed by atoms with E-state index in [4.69, 9.17) is 4.74 Å². The Kier molecular flexibility index (Phi) is 5.45. The average molecular weight is 344 g/mol. The van der Waals surface area contributed by atoms with Crippen LogP contribution in [0.4, 0.5) is 0 Å². The number of nitrogens with one attached hydrogen (secondary N) is 1. The van der Waals surface area contributed by atoms with Crippen molar-refractivity contribution in [2.45, 2.75) is 58.2 Å². The lowest BCUT2D eigenvalue weighted by Gasteiger charge is -2.26. The first-order chi connectivity index (χ1) is 12.0. The number of fused-ring (bicyclic) bond motifs is 1. The van der Waals surface area contributed by atoms with Crippen LogP contribution in [0.3, 0.4) is 0 Å². The first kappa shape index (κ1) is 18.0. The second-order valence-electron chi connectivity index (χ2n) is 7.07. The van der Waals surface area contributed by atoms with E-state index in [0.29, 0.717) is 12.2 Å². The van der Waals surface area contributed by atoms with Crippen molar-refractivity contribution in [3.8, 4) is 0 Å². The van der Waals surface area contributed by atoms with Crippen molar-refractivity contribution in [3.63, 3.8) is 0 Å². The third-order valence-electron chi connectivity index (χ3n) is 5.45. The van der Waals surface area contributed by atoms with Gasteiger partial charge in [-0.1, -0.05) is 0 Å². The van der Waals surface area contributed by atoms with Gasteiger partial charge in [0.25, 0.3) is 5.91 Å². The minimum Gasteiger partial charge on any atom is -0.393 e. The summed E-state index contributed by atoms with van der Waals surface area (Å²) < 4.78 is 7.46. The van der Waals surface area contributed by atoms with Crippen LogP contribution in [0.1, 0.15) is 47.3 Å². The van der Waals surface area contributed by atoms with Crippen molar-refractivity contribution in [2.24, 2.45) is 0 Å². The Morgan fingerprint density at radius 3 is 2.68 bits per heavy atom. The smallest absolute Gasteiger partial charge is 0.251 e. The van der Waals surface area contributed by atoms with Gasteiger partial charge in [-0.3, -0.25) is 4.79 Å². The van der Waals surface area contributed by atoms with E-state index < -0.39 is 0 Å². The summed E-state index contributed by atoms with van der Waals surface area (Å²) in [6.45, 7) is 5.69. The Bertz CT molecular complexity index is 758. The Balaban J connectivity index is 1.81. The maximum atomic E-state index is 12.6. The van der Waals surface area contributed by atoms with Gasteiger partial charge in [0.2, 0.25) is 0 Å². The minimum atomic E-state index is -0.206. The number of hydrogen-bond acceptors (Lipinski definition) is 3. The van der Waals surface area contributed by atoms with Crippen LogP contribution in [0.15, 0.2) is 18.2 Å². The fourth-order valence-corrected chi connectivity index (χ4v) is 3.75. The Morgan fingerprint density at radius 2 is 2.00 bits per heavy atom. The molecule has 0 saturated heterocycles. The summed E-state index contributed by atoms with van der Waals surface area (Å²) in [7, 11) is 1.71. The molecule has 3 rings (SSSR count). The molecule has 0 spiro atoms. The number of aryl methyl sites for hydroxylation is 1. The molecule has 5 heteroatoms. The van der Waals surface area contributed by atoms with Gasteiger partial charge in [-0.25, -0.2) is 0 Å². The van der Waals surface area contributed by atoms with Gasteiger partial charge in [-0.2, -0.15) is 0 Å². The van der Waals surface area contributed by atoms with E-state index in [9.17, 15) is 9.90 Å². The maximum absolute atomic E-state index is 12.6. The number of carbonyl (C=O) groups is 1. The molecular formula is C20H28N2O3. The number of hydrogen-bond donors (Lipinski definition) is 2. The number of aliphatic hydroxyl groups is 1. The summed E-state index contributed by atoms with van der Waals surface area (Å²) in [4.78, 5) is 12.6. The molecule has 1 aromatic carbocycles. The zero-order valence-electron chi connectivity index (χ0n) is 15.3. The molecule has 1 fully saturated rings. The summed E-state index contributed by atoms with van der Waals surface area (Å²) in [6.07, 6.45) is 3.03. The summed E-state index contributed by atoms with van der Waals surface area (Å²) in [5.41, 5.74) is 4.27. The predicted molar refractivity (Wildman–Crippen MR) is 99.0 cm³/mol. The third kappa shape index (κ3) is 3.72. The van der Waals surface area contributed by atoms with E-state index >= 15 is 0 Å². The van der Waals surface area contributed by atoms with E-state index in [1.54, 1.807) is 7.11 Å². The van der Waals surface area contributed by atoms with Crippen molar-refractivity contribution in [3.05, 3.63) is 35.0 Å². The molecule has 5 nitrogen and oxygen atoms in total. The lowest BCUT2D eigenvalue weighted by atomic mass is 9.93. The second kappa shape index (κ2) is 7.58. The lowest BCUT2D eigenvalue weighted by Crippen LogP contribution is -2.38. The van der Waals surface area contributed by atoms with Crippen molar-refractivity contribution >= 4 is 16.8 Å². The highest BCUT2D eigenvalue weighted by molar-refractivity contribution is 5.99. The molecule has 0 aliphatic heterocycles. The molecule has 2 N–H and O–H groups in total. The first-order valence-corrected chi connectivity index (χ1v) is 9.08. The number of nitrogens with zero attached hydrogens (tertiary/aromatic N) is 1. The van der Waals surface area contributed by atoms with E-state index in [0.717, 1.165) is 43.1 Å². The predicted octanol–water partition coefficient (Wildman–Crippen LogP) is 2.94. The van der Waals surface area contributed by atoms with Crippen LogP contribution in [0.25, 0.3) is 10.9 Å². The van der Waals surface area contributed by atoms with E-state index in [1.165, 1.54) is 11.3 Å². The van der Waals surface area contributed by atoms with Gasteiger partial charge in [0.1, 0.15) is 0 Å². The number of methoxy groups -OCH3 is 1. The molecule has 1 amide bonds. The standard InChI is InChI=1S/C20H28N2O3/c1-13-14(2)22(10-11-25-3)19-9-4-15(12-18(13)19)20(24)21-16-5-7-17(23)8-6-16/h4,9,12,16-17,23H,5-8,10-11H2,1-3H3,(H,21,24). The fraction of sp³-hybridized carbons (Fsp3) is 0.550. The lowest BCUT2D eigenvalue weighted by molar-refractivity contribution is 0.0868. The SMILES string of the molecule is COCCn1c(C)c(C)c2cc(C(=O)NC3CCC(O)CC3)ccc21. The first-order valence-electron chi connectivity index (χ1n) is 9.08. The highest BCUT2D eigenvalue weighted by Gasteiger charge is 2.21. The summed E-state index contributed by atoms with van der Waals surface area (Å²) in [5, 5.41) is 13.8. The number of carbonyl (C=O) groups excluding carboxylic acids is 1. The highest BCUT2D eigenvalue weighted by Crippen LogP contribution is 2.26. The summed E-state index contributed by atoms with van der Waals surface area (Å²) in [5.74, 6) is -0.0232. The quantitative estimate of drug-likeness (QED) is 0.876. The maximum Gasteiger partial charge on any atom is 0.251 e. The van der Waals surface area contributed by atoms with Crippen molar-refractivity contribution in [1.29, 1.82) is 0 Å². The minimum absolute atomic E-state index is 0.0232. The van der Waals surface area contributed by atoms with Crippen LogP contribution < -0.4 is 5.32 Å². The van der Waals surface area contributed by atoms with Crippen molar-refractivity contribution < 1.29 is 14.6 Å². The number of benzene rings is 1. The number of ether oxygens (including phenoxy) is 1. The van der Waals surface area contributed by atoms with Gasteiger partial charge in [0.05, 0.1) is 12.7 Å². The number of aromatic nitrogens is 1. The molecule has 0 radical (unpaired) electrons. The summed E-state index contributed by atoms with van der Waals surface area (Å²) in [6, 6.07) is 6.09. The molecule has 1 heterocycles. The van der Waals surface area contributed by atoms with Gasteiger partial charge < -0.3 is 19.7 Å². The molecular weight excluding hydrogens is 316 g/mol. The van der Waals surface area contributed by atoms with Gasteiger partial charge in [0.15, 0.2) is 0 Å². The van der Waals surface area contributed by atoms with Crippen LogP contribution in [0, 0.1) is 13.8 Å². The van der Waals surface area contributed by atoms with E-state index in [2.05, 4.69) is 23.7 Å². The second-order valence-corrected chi connectivity index (χ2v) is 7.07. The van der Waals surface area contributed by atoms with Gasteiger partial charge in [-0.15, -0.1) is 0 Å². The van der Waals surface area contributed by atoms with E-state index in [1.807, 2.05) is 18.2 Å². The van der Waals surface area contributed by atoms with Crippen LogP contribution in [-0.2, 0) is 11.3 Å². The molecule has 1 aliphatic rings. The molecule has 0 unspecified atom stereocenters. The van der Waals surface area contributed by atoms with Crippen molar-refractivity contribution in [2.75, 3.05) is 13.7 Å². The number of aliphatic hydroxyl groups excluding tert-OH is 1. The summed E-state index contributed by atoms with van der Waals surface area (Å²) >= 11 is 0. The largest absolute Gasteiger partial charge is 0.393 e. The molecule has 25 heavy (non-hydrogen) atoms. The van der Waals surface area contributed by atoms with E-state index in [-0.39, 0.29) is 18.1 Å². The zero-order chi connectivity index (χ0) is 18.0. The molecule has 1 aliphatic carbocycles. The molecule has 0 atom stereocenters. The Morgan fingerprint density at radius 1 is 1.28 bits per heavy atom. The van der Waals surface area contributed by atoms with Gasteiger partial charge in [-0.05, 0) is 63.3 Å². The topological polar surface area (TPSA) is 63.5 Å². The number of amides is 1. The van der Waals surface area contributed by atoms with Crippen LogP contribution in [0.2, 0.25) is 0 Å². The normalized spacial score (nSPS) is 20.8. The Labute approximate surface area is 149 Å². The molecule has 1 saturated carbocycles. The van der Waals surface area contributed by atoms with Gasteiger partial charge in [0, 0.05) is 41.9 Å². The third-order valence-corrected chi connectivity index (χ3v) is 5.45. The van der Waals surface area contributed by atoms with Crippen LogP contribution >= 0.6 is 0 Å². The monoisotopic (exact) mass is 344 g/mol. The van der Waals surface area contributed by atoms with Crippen LogP contribution in [0.5, 0.6) is 0 Å². The Hall–Kier alpha value is -1.85.